The van der Waals surface area contributed by atoms with Gasteiger partial charge in [0.2, 0.25) is 5.96 Å². The van der Waals surface area contributed by atoms with E-state index in [1.54, 1.807) is 12.3 Å². The number of piperazine rings is 1. The first kappa shape index (κ1) is 25.9. The van der Waals surface area contributed by atoms with Crippen molar-refractivity contribution in [3.8, 4) is 6.07 Å². The Morgan fingerprint density at radius 3 is 2.72 bits per heavy atom. The molecule has 0 N–H and O–H groups in total. The third kappa shape index (κ3) is 6.15. The monoisotopic (exact) mass is 507 g/mol. The molecule has 2 fully saturated rings. The van der Waals surface area contributed by atoms with Gasteiger partial charge in [0, 0.05) is 56.8 Å². The molecule has 0 aliphatic carbocycles. The summed E-state index contributed by atoms with van der Waals surface area (Å²) in [6.07, 6.45) is 10.7. The highest BCUT2D eigenvalue weighted by molar-refractivity contribution is 6.21. The molecule has 2 unspecified atom stereocenters. The fourth-order valence-electron chi connectivity index (χ4n) is 4.62. The van der Waals surface area contributed by atoms with Crippen LogP contribution in [-0.2, 0) is 4.74 Å². The summed E-state index contributed by atoms with van der Waals surface area (Å²) in [5, 5.41) is 9.46. The van der Waals surface area contributed by atoms with Crippen LogP contribution in [0.2, 0.25) is 0 Å². The Morgan fingerprint density at radius 2 is 2.03 bits per heavy atom. The molecule has 3 aliphatic heterocycles. The minimum atomic E-state index is -0.0531. The van der Waals surface area contributed by atoms with Gasteiger partial charge < -0.3 is 19.4 Å². The Morgan fingerprint density at radius 1 is 1.22 bits per heavy atom. The van der Waals surface area contributed by atoms with E-state index < -0.39 is 0 Å². The fraction of sp³-hybridized carbons (Fsp3) is 0.481. The first-order valence-corrected chi connectivity index (χ1v) is 13.0. The van der Waals surface area contributed by atoms with Crippen molar-refractivity contribution >= 4 is 29.1 Å². The van der Waals surface area contributed by atoms with E-state index in [4.69, 9.17) is 26.3 Å². The minimum Gasteiger partial charge on any atom is -0.378 e. The second-order valence-electron chi connectivity index (χ2n) is 9.09. The van der Waals surface area contributed by atoms with E-state index in [-0.39, 0.29) is 11.4 Å². The van der Waals surface area contributed by atoms with Crippen molar-refractivity contribution in [3.63, 3.8) is 0 Å². The molecule has 0 aromatic carbocycles. The molecule has 0 spiro atoms. The summed E-state index contributed by atoms with van der Waals surface area (Å²) < 4.78 is 5.57. The number of morpholine rings is 1. The zero-order valence-electron chi connectivity index (χ0n) is 21.3. The average molecular weight is 508 g/mol. The smallest absolute Gasteiger partial charge is 0.227 e. The SMILES string of the molecule is C/C=C(\C=C/C(C)Cl)C1=NC(N2CCOCC2)=NC(N2CCN(c3ncccc3C#N)CC2C)=CC1. The number of pyridine rings is 1. The molecular weight excluding hydrogens is 474 g/mol. The van der Waals surface area contributed by atoms with Crippen LogP contribution in [0.3, 0.4) is 0 Å². The van der Waals surface area contributed by atoms with Gasteiger partial charge in [-0.05, 0) is 44.6 Å². The van der Waals surface area contributed by atoms with Gasteiger partial charge in [-0.2, -0.15) is 10.3 Å². The Balaban J connectivity index is 1.59. The van der Waals surface area contributed by atoms with E-state index in [9.17, 15) is 5.26 Å². The van der Waals surface area contributed by atoms with E-state index in [1.165, 1.54) is 0 Å². The van der Waals surface area contributed by atoms with Crippen LogP contribution in [0.4, 0.5) is 5.82 Å². The topological polar surface area (TPSA) is 80.3 Å². The first-order valence-electron chi connectivity index (χ1n) is 12.5. The third-order valence-corrected chi connectivity index (χ3v) is 6.68. The second kappa shape index (κ2) is 12.2. The molecule has 2 atom stereocenters. The van der Waals surface area contributed by atoms with Gasteiger partial charge in [0.1, 0.15) is 17.7 Å². The van der Waals surface area contributed by atoms with Crippen molar-refractivity contribution < 1.29 is 4.74 Å². The van der Waals surface area contributed by atoms with Crippen LogP contribution >= 0.6 is 11.6 Å². The van der Waals surface area contributed by atoms with E-state index in [0.717, 1.165) is 61.6 Å². The number of rotatable bonds is 5. The van der Waals surface area contributed by atoms with E-state index >= 15 is 0 Å². The maximum absolute atomic E-state index is 9.52. The van der Waals surface area contributed by atoms with Crippen LogP contribution in [0.15, 0.2) is 64.0 Å². The number of hydrogen-bond acceptors (Lipinski definition) is 8. The maximum Gasteiger partial charge on any atom is 0.227 e. The Labute approximate surface area is 218 Å². The number of allylic oxidation sites excluding steroid dienone is 5. The lowest BCUT2D eigenvalue weighted by molar-refractivity contribution is 0.0674. The molecule has 0 radical (unpaired) electrons. The molecule has 190 valence electrons. The lowest BCUT2D eigenvalue weighted by Crippen LogP contribution is -2.51. The number of anilines is 1. The van der Waals surface area contributed by atoms with Gasteiger partial charge in [-0.1, -0.05) is 18.2 Å². The number of halogens is 1. The van der Waals surface area contributed by atoms with Crippen molar-refractivity contribution in [2.24, 2.45) is 9.98 Å². The molecule has 1 aromatic rings. The summed E-state index contributed by atoms with van der Waals surface area (Å²) >= 11 is 6.17. The molecule has 1 aromatic heterocycles. The molecule has 4 rings (SSSR count). The minimum absolute atomic E-state index is 0.0531. The summed E-state index contributed by atoms with van der Waals surface area (Å²) in [5.41, 5.74) is 2.64. The average Bonchev–Trinajstić information content (AvgIpc) is 3.13. The predicted octanol–water partition coefficient (Wildman–Crippen LogP) is 3.97. The maximum atomic E-state index is 9.52. The normalized spacial score (nSPS) is 22.5. The van der Waals surface area contributed by atoms with Crippen molar-refractivity contribution in [2.75, 3.05) is 50.8 Å². The Bertz CT molecular complexity index is 1130. The lowest BCUT2D eigenvalue weighted by atomic mass is 10.1. The van der Waals surface area contributed by atoms with Crippen molar-refractivity contribution in [1.29, 1.82) is 5.26 Å². The Kier molecular flexibility index (Phi) is 8.79. The van der Waals surface area contributed by atoms with Crippen LogP contribution in [0.25, 0.3) is 0 Å². The number of nitrogens with zero attached hydrogens (tertiary/aromatic N) is 7. The fourth-order valence-corrected chi connectivity index (χ4v) is 4.69. The van der Waals surface area contributed by atoms with Gasteiger partial charge in [0.25, 0.3) is 0 Å². The summed E-state index contributed by atoms with van der Waals surface area (Å²) in [6, 6.07) is 6.09. The van der Waals surface area contributed by atoms with E-state index in [2.05, 4.69) is 44.8 Å². The number of aliphatic imine (C=N–C) groups is 2. The number of alkyl halides is 1. The highest BCUT2D eigenvalue weighted by Gasteiger charge is 2.29. The van der Waals surface area contributed by atoms with Crippen LogP contribution in [0, 0.1) is 11.3 Å². The van der Waals surface area contributed by atoms with Gasteiger partial charge in [-0.3, -0.25) is 0 Å². The molecule has 3 aliphatic rings. The van der Waals surface area contributed by atoms with Gasteiger partial charge in [0.05, 0.1) is 24.5 Å². The quantitative estimate of drug-likeness (QED) is 0.443. The predicted molar refractivity (Wildman–Crippen MR) is 146 cm³/mol. The van der Waals surface area contributed by atoms with Gasteiger partial charge in [-0.15, -0.1) is 11.6 Å². The van der Waals surface area contributed by atoms with Crippen LogP contribution in [0.1, 0.15) is 32.8 Å². The molecule has 2 saturated heterocycles. The number of hydrogen-bond donors (Lipinski definition) is 0. The molecule has 4 heterocycles. The van der Waals surface area contributed by atoms with Crippen molar-refractivity contribution in [1.82, 2.24) is 14.8 Å². The molecule has 9 heteroatoms. The highest BCUT2D eigenvalue weighted by Crippen LogP contribution is 2.25. The van der Waals surface area contributed by atoms with Gasteiger partial charge in [0.15, 0.2) is 0 Å². The Hall–Kier alpha value is -3.15. The number of guanidine groups is 1. The lowest BCUT2D eigenvalue weighted by Gasteiger charge is -2.42. The molecular formula is C27H34ClN7O. The second-order valence-corrected chi connectivity index (χ2v) is 9.78. The zero-order valence-corrected chi connectivity index (χ0v) is 22.0. The van der Waals surface area contributed by atoms with Crippen molar-refractivity contribution in [3.05, 3.63) is 59.6 Å². The van der Waals surface area contributed by atoms with Crippen molar-refractivity contribution in [2.45, 2.75) is 38.6 Å². The number of nitriles is 1. The van der Waals surface area contributed by atoms with Crippen LogP contribution < -0.4 is 4.90 Å². The van der Waals surface area contributed by atoms with E-state index in [0.29, 0.717) is 25.2 Å². The van der Waals surface area contributed by atoms with Crippen LogP contribution in [0.5, 0.6) is 0 Å². The first-order chi connectivity index (χ1) is 17.5. The standard InChI is InChI=1S/C27H34ClN7O/c1-4-22(8-7-20(2)28)24-9-10-25(32-27(31-24)33-14-16-36-17-15-33)35-13-12-34(19-21(35)3)26-23(18-29)6-5-11-30-26/h4-8,10-11,20-21H,9,12-17,19H2,1-3H3/b8-7-,22-4+. The molecule has 0 amide bonds. The molecule has 36 heavy (non-hydrogen) atoms. The van der Waals surface area contributed by atoms with E-state index in [1.807, 2.05) is 32.1 Å². The third-order valence-electron chi connectivity index (χ3n) is 6.54. The zero-order chi connectivity index (χ0) is 25.5. The van der Waals surface area contributed by atoms with Gasteiger partial charge in [-0.25, -0.2) is 9.98 Å². The highest BCUT2D eigenvalue weighted by atomic mass is 35.5. The summed E-state index contributed by atoms with van der Waals surface area (Å²) in [6.45, 7) is 11.3. The molecule has 0 saturated carbocycles. The molecule has 0 bridgehead atoms. The summed E-state index contributed by atoms with van der Waals surface area (Å²) in [5.74, 6) is 2.42. The van der Waals surface area contributed by atoms with Gasteiger partial charge >= 0.3 is 0 Å². The number of ether oxygens (including phenoxy) is 1. The molecule has 8 nitrogen and oxygen atoms in total. The summed E-state index contributed by atoms with van der Waals surface area (Å²) in [4.78, 5) is 21.4. The van der Waals surface area contributed by atoms with Crippen LogP contribution in [-0.4, -0.2) is 83.8 Å². The number of aromatic nitrogens is 1. The summed E-state index contributed by atoms with van der Waals surface area (Å²) in [7, 11) is 0. The largest absolute Gasteiger partial charge is 0.378 e.